The molecule has 0 aliphatic carbocycles. The quantitative estimate of drug-likeness (QED) is 0.324. The minimum absolute atomic E-state index is 0.221. The highest BCUT2D eigenvalue weighted by Crippen LogP contribution is 1.93. The van der Waals surface area contributed by atoms with Crippen LogP contribution in [0.1, 0.15) is 19.8 Å². The van der Waals surface area contributed by atoms with Gasteiger partial charge in [-0.15, -0.1) is 0 Å². The van der Waals surface area contributed by atoms with Crippen molar-refractivity contribution < 1.29 is 4.53 Å². The van der Waals surface area contributed by atoms with Crippen LogP contribution in [-0.4, -0.2) is 28.9 Å². The van der Waals surface area contributed by atoms with Crippen molar-refractivity contribution in [2.45, 2.75) is 25.8 Å². The van der Waals surface area contributed by atoms with Gasteiger partial charge < -0.3 is 4.53 Å². The van der Waals surface area contributed by atoms with Crippen LogP contribution in [-0.2, 0) is 4.53 Å². The zero-order valence-corrected chi connectivity index (χ0v) is 8.10. The minimum atomic E-state index is -0.221. The van der Waals surface area contributed by atoms with E-state index in [9.17, 15) is 0 Å². The maximum atomic E-state index is 5.32. The van der Waals surface area contributed by atoms with Crippen LogP contribution >= 0.6 is 0 Å². The molecule has 0 rings (SSSR count). The number of rotatable bonds is 5. The Bertz CT molecular complexity index is 59.0. The van der Waals surface area contributed by atoms with Gasteiger partial charge in [-0.25, -0.2) is 5.06 Å². The van der Waals surface area contributed by atoms with Gasteiger partial charge in [-0.05, 0) is 6.04 Å². The molecule has 0 aromatic rings. The molecule has 0 amide bonds. The van der Waals surface area contributed by atoms with Crippen molar-refractivity contribution in [3.05, 3.63) is 0 Å². The fraction of sp³-hybridized carbons (Fsp3) is 1.00. The summed E-state index contributed by atoms with van der Waals surface area (Å²) in [5.41, 5.74) is 0. The average Bonchev–Trinajstić information content (AvgIpc) is 1.80. The molecule has 9 heavy (non-hydrogen) atoms. The van der Waals surface area contributed by atoms with Gasteiger partial charge >= 0.3 is 0 Å². The first-order valence-electron chi connectivity index (χ1n) is 3.57. The standard InChI is InChI=1S/C6H17NOSi/c1-4-5-6-9-8-7(2)3/h4-6,9H2,1-3H3. The fourth-order valence-electron chi connectivity index (χ4n) is 0.599. The van der Waals surface area contributed by atoms with Crippen LogP contribution in [0.4, 0.5) is 0 Å². The summed E-state index contributed by atoms with van der Waals surface area (Å²) in [7, 11) is 3.67. The summed E-state index contributed by atoms with van der Waals surface area (Å²) < 4.78 is 5.32. The van der Waals surface area contributed by atoms with Crippen molar-refractivity contribution in [2.24, 2.45) is 0 Å². The first kappa shape index (κ1) is 9.14. The van der Waals surface area contributed by atoms with Gasteiger partial charge in [0.25, 0.3) is 0 Å². The van der Waals surface area contributed by atoms with Crippen molar-refractivity contribution in [3.63, 3.8) is 0 Å². The van der Waals surface area contributed by atoms with Crippen LogP contribution in [0.2, 0.25) is 6.04 Å². The molecule has 56 valence electrons. The summed E-state index contributed by atoms with van der Waals surface area (Å²) in [6.07, 6.45) is 2.63. The maximum Gasteiger partial charge on any atom is 0.190 e. The molecule has 0 spiro atoms. The number of hydrogen-bond acceptors (Lipinski definition) is 2. The van der Waals surface area contributed by atoms with E-state index in [1.54, 1.807) is 0 Å². The number of hydroxylamine groups is 2. The van der Waals surface area contributed by atoms with Crippen molar-refractivity contribution in [2.75, 3.05) is 14.1 Å². The SMILES string of the molecule is CCCC[SiH2]ON(C)C. The molecule has 0 unspecified atom stereocenters. The zero-order chi connectivity index (χ0) is 7.11. The smallest absolute Gasteiger partial charge is 0.190 e. The normalized spacial score (nSPS) is 12.0. The highest BCUT2D eigenvalue weighted by molar-refractivity contribution is 6.26. The summed E-state index contributed by atoms with van der Waals surface area (Å²) in [5, 5.41) is 1.81. The highest BCUT2D eigenvalue weighted by atomic mass is 28.2. The average molecular weight is 147 g/mol. The third-order valence-corrected chi connectivity index (χ3v) is 2.59. The third kappa shape index (κ3) is 8.14. The topological polar surface area (TPSA) is 12.5 Å². The molecule has 3 heteroatoms. The molecule has 2 nitrogen and oxygen atoms in total. The molecule has 0 aromatic carbocycles. The van der Waals surface area contributed by atoms with Crippen LogP contribution in [0, 0.1) is 0 Å². The third-order valence-electron chi connectivity index (χ3n) is 1.10. The van der Waals surface area contributed by atoms with E-state index in [1.165, 1.54) is 18.9 Å². The first-order chi connectivity index (χ1) is 4.27. The number of hydrogen-bond donors (Lipinski definition) is 0. The second-order valence-electron chi connectivity index (χ2n) is 2.35. The summed E-state index contributed by atoms with van der Waals surface area (Å²) in [6.45, 7) is 2.21. The molecular formula is C6H17NOSi. The van der Waals surface area contributed by atoms with E-state index in [2.05, 4.69) is 6.92 Å². The summed E-state index contributed by atoms with van der Waals surface area (Å²) in [5.74, 6) is 0. The Morgan fingerprint density at radius 1 is 1.44 bits per heavy atom. The van der Waals surface area contributed by atoms with Gasteiger partial charge in [0.05, 0.1) is 0 Å². The molecule has 0 fully saturated rings. The van der Waals surface area contributed by atoms with E-state index >= 15 is 0 Å². The molecule has 0 saturated carbocycles. The van der Waals surface area contributed by atoms with Gasteiger partial charge in [-0.1, -0.05) is 19.8 Å². The molecular weight excluding hydrogens is 130 g/mol. The second-order valence-corrected chi connectivity index (χ2v) is 3.73. The summed E-state index contributed by atoms with van der Waals surface area (Å²) >= 11 is 0. The predicted molar refractivity (Wildman–Crippen MR) is 43.0 cm³/mol. The van der Waals surface area contributed by atoms with Gasteiger partial charge in [0, 0.05) is 14.1 Å². The van der Waals surface area contributed by atoms with Crippen molar-refractivity contribution >= 4 is 9.76 Å². The van der Waals surface area contributed by atoms with Gasteiger partial charge in [0.1, 0.15) is 0 Å². The molecule has 0 bridgehead atoms. The van der Waals surface area contributed by atoms with Crippen LogP contribution in [0.5, 0.6) is 0 Å². The van der Waals surface area contributed by atoms with Crippen LogP contribution in [0.25, 0.3) is 0 Å². The molecule has 0 aliphatic heterocycles. The Kier molecular flexibility index (Phi) is 6.35. The Labute approximate surface area is 60.1 Å². The summed E-state index contributed by atoms with van der Waals surface area (Å²) in [6, 6.07) is 1.31. The fourth-order valence-corrected chi connectivity index (χ4v) is 1.80. The van der Waals surface area contributed by atoms with Crippen molar-refractivity contribution in [1.82, 2.24) is 5.06 Å². The lowest BCUT2D eigenvalue weighted by Crippen LogP contribution is -2.15. The predicted octanol–water partition coefficient (Wildman–Crippen LogP) is 0.782. The molecule has 0 aliphatic rings. The minimum Gasteiger partial charge on any atom is -0.351 e. The maximum absolute atomic E-state index is 5.32. The van der Waals surface area contributed by atoms with Crippen LogP contribution < -0.4 is 0 Å². The zero-order valence-electron chi connectivity index (χ0n) is 6.68. The van der Waals surface area contributed by atoms with Gasteiger partial charge in [-0.2, -0.15) is 0 Å². The van der Waals surface area contributed by atoms with E-state index < -0.39 is 0 Å². The molecule has 0 N–H and O–H groups in total. The van der Waals surface area contributed by atoms with E-state index in [1.807, 2.05) is 19.2 Å². The first-order valence-corrected chi connectivity index (χ1v) is 5.15. The summed E-state index contributed by atoms with van der Waals surface area (Å²) in [4.78, 5) is 0. The number of nitrogens with zero attached hydrogens (tertiary/aromatic N) is 1. The molecule has 0 atom stereocenters. The Morgan fingerprint density at radius 2 is 2.11 bits per heavy atom. The lowest BCUT2D eigenvalue weighted by Gasteiger charge is -2.09. The van der Waals surface area contributed by atoms with E-state index in [0.29, 0.717) is 0 Å². The van der Waals surface area contributed by atoms with Gasteiger partial charge in [-0.3, -0.25) is 0 Å². The Balaban J connectivity index is 2.75. The molecule has 0 aromatic heterocycles. The second kappa shape index (κ2) is 6.26. The lowest BCUT2D eigenvalue weighted by molar-refractivity contribution is -0.000413. The van der Waals surface area contributed by atoms with Crippen LogP contribution in [0.15, 0.2) is 0 Å². The van der Waals surface area contributed by atoms with Crippen molar-refractivity contribution in [1.29, 1.82) is 0 Å². The Hall–Kier alpha value is 0.137. The monoisotopic (exact) mass is 147 g/mol. The number of unbranched alkanes of at least 4 members (excludes halogenated alkanes) is 1. The molecule has 0 radical (unpaired) electrons. The largest absolute Gasteiger partial charge is 0.351 e. The molecule has 0 heterocycles. The van der Waals surface area contributed by atoms with E-state index in [-0.39, 0.29) is 9.76 Å². The molecule has 0 saturated heterocycles. The van der Waals surface area contributed by atoms with Crippen molar-refractivity contribution in [3.8, 4) is 0 Å². The van der Waals surface area contributed by atoms with Gasteiger partial charge in [0.15, 0.2) is 9.76 Å². The highest BCUT2D eigenvalue weighted by Gasteiger charge is 1.89. The van der Waals surface area contributed by atoms with E-state index in [0.717, 1.165) is 0 Å². The lowest BCUT2D eigenvalue weighted by atomic mass is 10.4. The Morgan fingerprint density at radius 3 is 2.56 bits per heavy atom. The van der Waals surface area contributed by atoms with Gasteiger partial charge in [0.2, 0.25) is 0 Å². The van der Waals surface area contributed by atoms with E-state index in [4.69, 9.17) is 4.53 Å². The van der Waals surface area contributed by atoms with Crippen LogP contribution in [0.3, 0.4) is 0 Å².